The van der Waals surface area contributed by atoms with Gasteiger partial charge in [-0.25, -0.2) is 0 Å². The van der Waals surface area contributed by atoms with Gasteiger partial charge in [-0.2, -0.15) is 0 Å². The minimum absolute atomic E-state index is 0.00289. The third-order valence-corrected chi connectivity index (χ3v) is 7.17. The van der Waals surface area contributed by atoms with Crippen LogP contribution in [0, 0.1) is 5.92 Å². The Balaban J connectivity index is 1.22. The van der Waals surface area contributed by atoms with Crippen LogP contribution in [0.5, 0.6) is 11.5 Å². The van der Waals surface area contributed by atoms with Crippen molar-refractivity contribution in [1.82, 2.24) is 15.5 Å². The zero-order valence-corrected chi connectivity index (χ0v) is 20.7. The van der Waals surface area contributed by atoms with Gasteiger partial charge >= 0.3 is 0 Å². The van der Waals surface area contributed by atoms with E-state index in [-0.39, 0.29) is 17.7 Å². The maximum Gasteiger partial charge on any atom is 0.228 e. The molecule has 2 fully saturated rings. The Hall–Kier alpha value is -2.88. The lowest BCUT2D eigenvalue weighted by atomic mass is 9.96. The highest BCUT2D eigenvalue weighted by Crippen LogP contribution is 2.32. The Morgan fingerprint density at radius 3 is 2.53 bits per heavy atom. The number of carbonyl (C=O) groups is 2. The van der Waals surface area contributed by atoms with Crippen molar-refractivity contribution in [3.63, 3.8) is 0 Å². The molecule has 0 saturated carbocycles. The van der Waals surface area contributed by atoms with Gasteiger partial charge in [0.25, 0.3) is 0 Å². The summed E-state index contributed by atoms with van der Waals surface area (Å²) in [6, 6.07) is 5.94. The van der Waals surface area contributed by atoms with Gasteiger partial charge in [0.1, 0.15) is 0 Å². The summed E-state index contributed by atoms with van der Waals surface area (Å²) >= 11 is 1.46. The molecule has 0 aliphatic carbocycles. The van der Waals surface area contributed by atoms with Crippen LogP contribution in [0.2, 0.25) is 0 Å². The maximum absolute atomic E-state index is 12.7. The normalized spacial score (nSPS) is 16.7. The molecular formula is C24H33N5O4S. The zero-order chi connectivity index (χ0) is 23.9. The summed E-state index contributed by atoms with van der Waals surface area (Å²) in [5.41, 5.74) is 1.10. The maximum atomic E-state index is 12.7. The molecule has 1 N–H and O–H groups in total. The number of hydrogen-bond acceptors (Lipinski definition) is 8. The second kappa shape index (κ2) is 11.5. The minimum Gasteiger partial charge on any atom is -0.490 e. The van der Waals surface area contributed by atoms with E-state index in [1.54, 1.807) is 4.90 Å². The number of rotatable bonds is 10. The number of aromatic nitrogens is 2. The van der Waals surface area contributed by atoms with Gasteiger partial charge in [0.15, 0.2) is 11.5 Å². The molecule has 184 valence electrons. The summed E-state index contributed by atoms with van der Waals surface area (Å²) < 4.78 is 11.3. The summed E-state index contributed by atoms with van der Waals surface area (Å²) in [6.07, 6.45) is 3.75. The summed E-state index contributed by atoms with van der Waals surface area (Å²) in [6.45, 7) is 7.90. The average Bonchev–Trinajstić information content (AvgIpc) is 3.50. The first-order valence-electron chi connectivity index (χ1n) is 12.1. The Bertz CT molecular complexity index is 989. The van der Waals surface area contributed by atoms with Crippen molar-refractivity contribution in [2.45, 2.75) is 46.0 Å². The first kappa shape index (κ1) is 24.3. The smallest absolute Gasteiger partial charge is 0.228 e. The average molecular weight is 488 g/mol. The van der Waals surface area contributed by atoms with Crippen LogP contribution in [-0.2, 0) is 16.0 Å². The van der Waals surface area contributed by atoms with Gasteiger partial charge in [0.2, 0.25) is 22.1 Å². The van der Waals surface area contributed by atoms with Crippen molar-refractivity contribution in [2.75, 3.05) is 49.2 Å². The van der Waals surface area contributed by atoms with E-state index >= 15 is 0 Å². The second-order valence-electron chi connectivity index (χ2n) is 8.47. The molecule has 0 atom stereocenters. The highest BCUT2D eigenvalue weighted by atomic mass is 32.1. The van der Waals surface area contributed by atoms with Crippen molar-refractivity contribution < 1.29 is 19.1 Å². The molecule has 34 heavy (non-hydrogen) atoms. The Kier molecular flexibility index (Phi) is 8.21. The van der Waals surface area contributed by atoms with E-state index < -0.39 is 0 Å². The van der Waals surface area contributed by atoms with E-state index in [1.807, 2.05) is 32.0 Å². The van der Waals surface area contributed by atoms with Crippen molar-refractivity contribution in [2.24, 2.45) is 5.92 Å². The highest BCUT2D eigenvalue weighted by molar-refractivity contribution is 7.19. The molecule has 4 rings (SSSR count). The lowest BCUT2D eigenvalue weighted by Gasteiger charge is -2.30. The number of anilines is 2. The summed E-state index contributed by atoms with van der Waals surface area (Å²) in [5, 5.41) is 13.1. The number of hydrogen-bond donors (Lipinski definition) is 1. The largest absolute Gasteiger partial charge is 0.490 e. The molecule has 0 spiro atoms. The Labute approximate surface area is 204 Å². The summed E-state index contributed by atoms with van der Waals surface area (Å²) in [4.78, 5) is 28.5. The molecule has 0 unspecified atom stereocenters. The van der Waals surface area contributed by atoms with E-state index in [1.165, 1.54) is 11.3 Å². The van der Waals surface area contributed by atoms with Gasteiger partial charge in [0, 0.05) is 38.5 Å². The number of amides is 2. The van der Waals surface area contributed by atoms with Crippen LogP contribution in [0.25, 0.3) is 0 Å². The first-order valence-corrected chi connectivity index (χ1v) is 13.0. The number of ether oxygens (including phenoxy) is 2. The van der Waals surface area contributed by atoms with Crippen molar-refractivity contribution in [1.29, 1.82) is 0 Å². The molecule has 3 heterocycles. The third-order valence-electron chi connectivity index (χ3n) is 6.16. The van der Waals surface area contributed by atoms with Gasteiger partial charge < -0.3 is 19.7 Å². The standard InChI is InChI=1S/C24H33N5O4S/c1-3-32-19-8-7-17(16-20(19)33-4-2)9-12-25-22(31)18-10-14-28(15-11-18)23-26-27-24(34-23)29-13-5-6-21(29)30/h7-8,16,18H,3-6,9-15H2,1-2H3,(H,25,31). The molecule has 2 saturated heterocycles. The fraction of sp³-hybridized carbons (Fsp3) is 0.583. The van der Waals surface area contributed by atoms with E-state index in [2.05, 4.69) is 20.4 Å². The van der Waals surface area contributed by atoms with Gasteiger partial charge in [-0.1, -0.05) is 17.4 Å². The molecule has 2 aromatic rings. The third kappa shape index (κ3) is 5.78. The predicted molar refractivity (Wildman–Crippen MR) is 132 cm³/mol. The molecule has 2 aliphatic heterocycles. The summed E-state index contributed by atoms with van der Waals surface area (Å²) in [7, 11) is 0. The van der Waals surface area contributed by atoms with Gasteiger partial charge in [0.05, 0.1) is 13.2 Å². The Morgan fingerprint density at radius 1 is 1.09 bits per heavy atom. The van der Waals surface area contributed by atoms with Crippen LogP contribution < -0.4 is 24.6 Å². The molecule has 0 radical (unpaired) electrons. The fourth-order valence-electron chi connectivity index (χ4n) is 4.35. The Morgan fingerprint density at radius 2 is 1.82 bits per heavy atom. The van der Waals surface area contributed by atoms with Gasteiger partial charge in [-0.05, 0) is 57.2 Å². The number of nitrogens with one attached hydrogen (secondary N) is 1. The molecular weight excluding hydrogens is 454 g/mol. The highest BCUT2D eigenvalue weighted by Gasteiger charge is 2.29. The summed E-state index contributed by atoms with van der Waals surface area (Å²) in [5.74, 6) is 1.73. The molecule has 2 aliphatic rings. The van der Waals surface area contributed by atoms with Gasteiger partial charge in [-0.3, -0.25) is 14.5 Å². The molecule has 2 amide bonds. The van der Waals surface area contributed by atoms with E-state index in [4.69, 9.17) is 9.47 Å². The van der Waals surface area contributed by atoms with Crippen LogP contribution in [0.1, 0.15) is 45.1 Å². The number of benzene rings is 1. The van der Waals surface area contributed by atoms with Crippen molar-refractivity contribution in [3.05, 3.63) is 23.8 Å². The lowest BCUT2D eigenvalue weighted by Crippen LogP contribution is -2.41. The van der Waals surface area contributed by atoms with E-state index in [0.717, 1.165) is 67.5 Å². The van der Waals surface area contributed by atoms with Crippen LogP contribution in [0.4, 0.5) is 10.3 Å². The molecule has 1 aromatic carbocycles. The number of carbonyl (C=O) groups excluding carboxylic acids is 2. The van der Waals surface area contributed by atoms with E-state index in [9.17, 15) is 9.59 Å². The lowest BCUT2D eigenvalue weighted by molar-refractivity contribution is -0.125. The minimum atomic E-state index is 0.00289. The quantitative estimate of drug-likeness (QED) is 0.550. The SMILES string of the molecule is CCOc1ccc(CCNC(=O)C2CCN(c3nnc(N4CCCC4=O)s3)CC2)cc1OCC. The van der Waals surface area contributed by atoms with Crippen LogP contribution in [-0.4, -0.2) is 61.4 Å². The molecule has 10 heteroatoms. The van der Waals surface area contributed by atoms with Crippen molar-refractivity contribution in [3.8, 4) is 11.5 Å². The van der Waals surface area contributed by atoms with Crippen LogP contribution >= 0.6 is 11.3 Å². The first-order chi connectivity index (χ1) is 16.6. The fourth-order valence-corrected chi connectivity index (χ4v) is 5.30. The predicted octanol–water partition coefficient (Wildman–Crippen LogP) is 3.04. The number of nitrogens with zero attached hydrogens (tertiary/aromatic N) is 4. The topological polar surface area (TPSA) is 96.9 Å². The molecule has 9 nitrogen and oxygen atoms in total. The number of piperidine rings is 1. The second-order valence-corrected chi connectivity index (χ2v) is 9.40. The molecule has 1 aromatic heterocycles. The monoisotopic (exact) mass is 487 g/mol. The van der Waals surface area contributed by atoms with E-state index in [0.29, 0.717) is 31.3 Å². The van der Waals surface area contributed by atoms with Crippen LogP contribution in [0.15, 0.2) is 18.2 Å². The molecule has 0 bridgehead atoms. The van der Waals surface area contributed by atoms with Crippen molar-refractivity contribution >= 4 is 33.4 Å². The zero-order valence-electron chi connectivity index (χ0n) is 19.9. The van der Waals surface area contributed by atoms with Gasteiger partial charge in [-0.15, -0.1) is 10.2 Å². The van der Waals surface area contributed by atoms with Crippen LogP contribution in [0.3, 0.4) is 0 Å².